The van der Waals surface area contributed by atoms with Gasteiger partial charge in [-0.15, -0.1) is 0 Å². The van der Waals surface area contributed by atoms with Gasteiger partial charge in [0.1, 0.15) is 13.1 Å². The molecule has 0 fully saturated rings. The van der Waals surface area contributed by atoms with Crippen LogP contribution in [0.5, 0.6) is 0 Å². The first-order chi connectivity index (χ1) is 13.5. The minimum atomic E-state index is -0.340. The molecule has 1 atom stereocenters. The first kappa shape index (κ1) is 31.7. The number of aliphatic hydroxyl groups is 1. The second-order valence-corrected chi connectivity index (χ2v) is 10.9. The van der Waals surface area contributed by atoms with E-state index in [1.807, 2.05) is 14.1 Å². The number of aliphatic hydroxyl groups excluding tert-OH is 1. The Balaban J connectivity index is 0. The summed E-state index contributed by atoms with van der Waals surface area (Å²) in [4.78, 5) is 23.8. The normalized spacial score (nSPS) is 13.2. The fourth-order valence-corrected chi connectivity index (χ4v) is 3.47. The lowest BCUT2D eigenvalue weighted by atomic mass is 10.2. The zero-order valence-electron chi connectivity index (χ0n) is 20.8. The van der Waals surface area contributed by atoms with Crippen LogP contribution in [-0.4, -0.2) is 132 Å². The maximum Gasteiger partial charge on any atom is 0.275 e. The van der Waals surface area contributed by atoms with Gasteiger partial charge in [-0.1, -0.05) is 14.0 Å². The molecule has 3 N–H and O–H groups in total. The van der Waals surface area contributed by atoms with E-state index in [1.165, 1.54) is 0 Å². The SMILES string of the molecule is C.C=C(C)C(=O)NCCC[N+](C)(C)CC(=O)NCCC[N+](C)(C)CC(O)C[N+](C)(C)C. The van der Waals surface area contributed by atoms with E-state index in [0.717, 1.165) is 41.4 Å². The second kappa shape index (κ2) is 13.8. The third-order valence-electron chi connectivity index (χ3n) is 4.91. The highest BCUT2D eigenvalue weighted by Gasteiger charge is 2.25. The topological polar surface area (TPSA) is 78.4 Å². The van der Waals surface area contributed by atoms with Gasteiger partial charge in [-0.25, -0.2) is 0 Å². The molecule has 0 saturated carbocycles. The van der Waals surface area contributed by atoms with Crippen LogP contribution in [-0.2, 0) is 9.59 Å². The molecule has 0 bridgehead atoms. The first-order valence-corrected chi connectivity index (χ1v) is 10.9. The average Bonchev–Trinajstić information content (AvgIpc) is 2.52. The third kappa shape index (κ3) is 17.9. The average molecular weight is 447 g/mol. The number of quaternary nitrogens is 3. The predicted octanol–water partition coefficient (Wildman–Crippen LogP) is 0.431. The monoisotopic (exact) mass is 446 g/mol. The maximum absolute atomic E-state index is 12.3. The Hall–Kier alpha value is -1.48. The Morgan fingerprint density at radius 2 is 1.35 bits per heavy atom. The van der Waals surface area contributed by atoms with Crippen LogP contribution in [0.25, 0.3) is 0 Å². The van der Waals surface area contributed by atoms with Crippen molar-refractivity contribution in [2.75, 3.05) is 95.1 Å². The van der Waals surface area contributed by atoms with E-state index in [2.05, 4.69) is 52.5 Å². The van der Waals surface area contributed by atoms with Crippen LogP contribution in [0, 0.1) is 0 Å². The molecule has 184 valence electrons. The van der Waals surface area contributed by atoms with Gasteiger partial charge in [-0.3, -0.25) is 9.59 Å². The molecule has 0 aromatic heterocycles. The van der Waals surface area contributed by atoms with Crippen LogP contribution in [0.1, 0.15) is 27.2 Å². The van der Waals surface area contributed by atoms with Gasteiger partial charge in [0.15, 0.2) is 12.6 Å². The predicted molar refractivity (Wildman–Crippen MR) is 129 cm³/mol. The number of likely N-dealkylation sites (N-methyl/N-ethyl adjacent to an activating group) is 3. The van der Waals surface area contributed by atoms with E-state index in [4.69, 9.17) is 0 Å². The molecule has 0 aromatic carbocycles. The summed E-state index contributed by atoms with van der Waals surface area (Å²) >= 11 is 0. The summed E-state index contributed by atoms with van der Waals surface area (Å²) in [7, 11) is 14.5. The Labute approximate surface area is 191 Å². The standard InChI is InChI=1S/C22H46N5O3.CH4/c1-19(2)22(30)24-13-11-15-27(8,9)18-21(29)23-12-10-14-26(6,7)17-20(28)16-25(3,4)5;/h20,28H,1,10-18H2,2-9H3;1H4/q+1;/p+2. The highest BCUT2D eigenvalue weighted by molar-refractivity contribution is 5.91. The molecule has 31 heavy (non-hydrogen) atoms. The highest BCUT2D eigenvalue weighted by Crippen LogP contribution is 2.05. The van der Waals surface area contributed by atoms with Crippen LogP contribution in [0.4, 0.5) is 0 Å². The fraction of sp³-hybridized carbons (Fsp3) is 0.826. The molecule has 0 spiro atoms. The first-order valence-electron chi connectivity index (χ1n) is 10.9. The Kier molecular flexibility index (Phi) is 14.1. The van der Waals surface area contributed by atoms with Crippen molar-refractivity contribution in [2.24, 2.45) is 0 Å². The van der Waals surface area contributed by atoms with E-state index in [-0.39, 0.29) is 25.3 Å². The summed E-state index contributed by atoms with van der Waals surface area (Å²) in [6.07, 6.45) is 1.34. The van der Waals surface area contributed by atoms with Crippen molar-refractivity contribution in [1.29, 1.82) is 0 Å². The lowest BCUT2D eigenvalue weighted by Crippen LogP contribution is -2.52. The van der Waals surface area contributed by atoms with Gasteiger partial charge in [0.2, 0.25) is 5.91 Å². The molecule has 0 aliphatic rings. The van der Waals surface area contributed by atoms with Gasteiger partial charge >= 0.3 is 0 Å². The van der Waals surface area contributed by atoms with Crippen molar-refractivity contribution in [1.82, 2.24) is 10.6 Å². The summed E-state index contributed by atoms with van der Waals surface area (Å²) in [5, 5.41) is 16.1. The minimum absolute atomic E-state index is 0. The summed E-state index contributed by atoms with van der Waals surface area (Å²) in [6.45, 7) is 10.1. The number of hydrogen-bond donors (Lipinski definition) is 3. The van der Waals surface area contributed by atoms with Crippen LogP contribution in [0.15, 0.2) is 12.2 Å². The van der Waals surface area contributed by atoms with Gasteiger partial charge < -0.3 is 29.2 Å². The molecule has 1 unspecified atom stereocenters. The Morgan fingerprint density at radius 1 is 0.871 bits per heavy atom. The molecule has 0 rings (SSSR count). The maximum atomic E-state index is 12.3. The largest absolute Gasteiger partial charge is 0.382 e. The molecule has 2 amide bonds. The van der Waals surface area contributed by atoms with Gasteiger partial charge in [0, 0.05) is 31.5 Å². The molecule has 8 heteroatoms. The number of carbonyl (C=O) groups is 2. The lowest BCUT2D eigenvalue weighted by Gasteiger charge is -2.34. The van der Waals surface area contributed by atoms with Gasteiger partial charge in [0.25, 0.3) is 5.91 Å². The fourth-order valence-electron chi connectivity index (χ4n) is 3.47. The van der Waals surface area contributed by atoms with E-state index in [1.54, 1.807) is 6.92 Å². The van der Waals surface area contributed by atoms with Gasteiger partial charge in [-0.2, -0.15) is 0 Å². The highest BCUT2D eigenvalue weighted by atomic mass is 16.3. The number of amides is 2. The number of hydrogen-bond acceptors (Lipinski definition) is 3. The zero-order valence-corrected chi connectivity index (χ0v) is 20.8. The summed E-state index contributed by atoms with van der Waals surface area (Å²) in [5.74, 6) is -0.0780. The number of nitrogens with one attached hydrogen (secondary N) is 2. The number of rotatable bonds is 15. The molecular formula is C23H52N5O3+3. The van der Waals surface area contributed by atoms with Crippen molar-refractivity contribution < 1.29 is 28.1 Å². The summed E-state index contributed by atoms with van der Waals surface area (Å²) < 4.78 is 2.05. The van der Waals surface area contributed by atoms with Crippen molar-refractivity contribution in [2.45, 2.75) is 33.3 Å². The molecule has 0 heterocycles. The molecule has 0 aliphatic carbocycles. The van der Waals surface area contributed by atoms with Gasteiger partial charge in [0.05, 0.1) is 62.4 Å². The summed E-state index contributed by atoms with van der Waals surface area (Å²) in [6, 6.07) is 0. The van der Waals surface area contributed by atoms with E-state index >= 15 is 0 Å². The third-order valence-corrected chi connectivity index (χ3v) is 4.91. The van der Waals surface area contributed by atoms with Crippen molar-refractivity contribution >= 4 is 11.8 Å². The van der Waals surface area contributed by atoms with Crippen LogP contribution < -0.4 is 10.6 Å². The van der Waals surface area contributed by atoms with E-state index in [9.17, 15) is 14.7 Å². The van der Waals surface area contributed by atoms with Crippen LogP contribution in [0.3, 0.4) is 0 Å². The second-order valence-electron chi connectivity index (χ2n) is 10.9. The minimum Gasteiger partial charge on any atom is -0.382 e. The lowest BCUT2D eigenvalue weighted by molar-refractivity contribution is -0.907. The Morgan fingerprint density at radius 3 is 1.84 bits per heavy atom. The van der Waals surface area contributed by atoms with Crippen molar-refractivity contribution in [3.05, 3.63) is 12.2 Å². The zero-order chi connectivity index (χ0) is 23.6. The van der Waals surface area contributed by atoms with Crippen molar-refractivity contribution in [3.63, 3.8) is 0 Å². The molecule has 0 aliphatic heterocycles. The molecule has 0 radical (unpaired) electrons. The van der Waals surface area contributed by atoms with E-state index in [0.29, 0.717) is 36.2 Å². The van der Waals surface area contributed by atoms with Crippen LogP contribution >= 0.6 is 0 Å². The molecule has 8 nitrogen and oxygen atoms in total. The number of nitrogens with zero attached hydrogens (tertiary/aromatic N) is 3. The van der Waals surface area contributed by atoms with Gasteiger partial charge in [-0.05, 0) is 6.92 Å². The summed E-state index contributed by atoms with van der Waals surface area (Å²) in [5.41, 5.74) is 0.507. The molecule has 0 saturated heterocycles. The smallest absolute Gasteiger partial charge is 0.275 e. The Bertz CT molecular complexity index is 568. The number of carbonyl (C=O) groups excluding carboxylic acids is 2. The van der Waals surface area contributed by atoms with Crippen molar-refractivity contribution in [3.8, 4) is 0 Å². The van der Waals surface area contributed by atoms with Crippen LogP contribution in [0.2, 0.25) is 0 Å². The molecular weight excluding hydrogens is 394 g/mol. The van der Waals surface area contributed by atoms with E-state index < -0.39 is 0 Å². The quantitative estimate of drug-likeness (QED) is 0.194. The molecule has 0 aromatic rings.